The number of rotatable bonds is 5. The fraction of sp³-hybridized carbons (Fsp3) is 0.444. The SMILES string of the molecule is CC(C)NC(=O)N(C)C[C@H]1Oc2cc(C#Cc3cccc(F)c3)ccc2S(=O)(=O)N([C@H](C)CO)C[C@H]1C. The predicted molar refractivity (Wildman–Crippen MR) is 139 cm³/mol. The predicted octanol–water partition coefficient (Wildman–Crippen LogP) is 3.04. The molecular formula is C27H34FN3O5S. The zero-order valence-electron chi connectivity index (χ0n) is 21.7. The molecule has 0 aliphatic carbocycles. The Morgan fingerprint density at radius 1 is 1.22 bits per heavy atom. The summed E-state index contributed by atoms with van der Waals surface area (Å²) in [4.78, 5) is 14.0. The summed E-state index contributed by atoms with van der Waals surface area (Å²) in [5, 5.41) is 12.6. The van der Waals surface area contributed by atoms with Gasteiger partial charge in [-0.15, -0.1) is 0 Å². The molecule has 0 aromatic heterocycles. The quantitative estimate of drug-likeness (QED) is 0.578. The highest BCUT2D eigenvalue weighted by Crippen LogP contribution is 2.34. The number of carbonyl (C=O) groups excluding carboxylic acids is 1. The average Bonchev–Trinajstić information content (AvgIpc) is 2.83. The summed E-state index contributed by atoms with van der Waals surface area (Å²) in [6.07, 6.45) is -0.544. The van der Waals surface area contributed by atoms with Crippen LogP contribution in [0.2, 0.25) is 0 Å². The van der Waals surface area contributed by atoms with E-state index in [1.807, 2.05) is 20.8 Å². The van der Waals surface area contributed by atoms with Gasteiger partial charge in [0.05, 0.1) is 13.2 Å². The fourth-order valence-corrected chi connectivity index (χ4v) is 5.77. The van der Waals surface area contributed by atoms with Crippen molar-refractivity contribution in [2.24, 2.45) is 5.92 Å². The van der Waals surface area contributed by atoms with E-state index < -0.39 is 28.0 Å². The van der Waals surface area contributed by atoms with E-state index in [4.69, 9.17) is 4.74 Å². The molecule has 2 aromatic carbocycles. The molecule has 0 saturated heterocycles. The topological polar surface area (TPSA) is 99.2 Å². The summed E-state index contributed by atoms with van der Waals surface area (Å²) in [6, 6.07) is 9.44. The fourth-order valence-electron chi connectivity index (χ4n) is 3.94. The molecule has 2 N–H and O–H groups in total. The smallest absolute Gasteiger partial charge is 0.317 e. The van der Waals surface area contributed by atoms with Crippen LogP contribution in [-0.2, 0) is 10.0 Å². The van der Waals surface area contributed by atoms with Crippen molar-refractivity contribution < 1.29 is 27.4 Å². The molecule has 3 rings (SSSR count). The normalized spacial score (nSPS) is 19.9. The minimum absolute atomic E-state index is 0.0448. The molecular weight excluding hydrogens is 497 g/mol. The first-order valence-corrected chi connectivity index (χ1v) is 13.6. The molecule has 2 amide bonds. The maximum Gasteiger partial charge on any atom is 0.317 e. The third kappa shape index (κ3) is 7.01. The minimum Gasteiger partial charge on any atom is -0.487 e. The van der Waals surface area contributed by atoms with Crippen LogP contribution in [0.15, 0.2) is 47.4 Å². The number of amides is 2. The number of ether oxygens (including phenoxy) is 1. The van der Waals surface area contributed by atoms with Crippen LogP contribution in [0.3, 0.4) is 0 Å². The number of hydrogen-bond donors (Lipinski definition) is 2. The number of likely N-dealkylation sites (N-methyl/N-ethyl adjacent to an activating group) is 1. The number of urea groups is 1. The molecule has 1 heterocycles. The first-order chi connectivity index (χ1) is 17.4. The van der Waals surface area contributed by atoms with E-state index in [2.05, 4.69) is 17.2 Å². The molecule has 0 unspecified atom stereocenters. The third-order valence-electron chi connectivity index (χ3n) is 6.06. The van der Waals surface area contributed by atoms with Gasteiger partial charge < -0.3 is 20.1 Å². The van der Waals surface area contributed by atoms with Crippen molar-refractivity contribution in [1.82, 2.24) is 14.5 Å². The number of carbonyl (C=O) groups is 1. The summed E-state index contributed by atoms with van der Waals surface area (Å²) in [6.45, 7) is 7.19. The number of nitrogens with zero attached hydrogens (tertiary/aromatic N) is 2. The number of nitrogens with one attached hydrogen (secondary N) is 1. The van der Waals surface area contributed by atoms with Gasteiger partial charge in [0.25, 0.3) is 0 Å². The lowest BCUT2D eigenvalue weighted by molar-refractivity contribution is 0.0809. The van der Waals surface area contributed by atoms with E-state index in [1.165, 1.54) is 27.4 Å². The van der Waals surface area contributed by atoms with E-state index in [0.29, 0.717) is 11.1 Å². The zero-order valence-corrected chi connectivity index (χ0v) is 22.5. The molecule has 0 bridgehead atoms. The first-order valence-electron chi connectivity index (χ1n) is 12.1. The second-order valence-electron chi connectivity index (χ2n) is 9.65. The summed E-state index contributed by atoms with van der Waals surface area (Å²) >= 11 is 0. The number of benzene rings is 2. The Hall–Kier alpha value is -3.13. The van der Waals surface area contributed by atoms with Crippen LogP contribution in [0, 0.1) is 23.6 Å². The van der Waals surface area contributed by atoms with Gasteiger partial charge in [-0.3, -0.25) is 0 Å². The second-order valence-corrected chi connectivity index (χ2v) is 11.5. The average molecular weight is 532 g/mol. The van der Waals surface area contributed by atoms with Gasteiger partial charge in [-0.25, -0.2) is 17.6 Å². The standard InChI is InChI=1S/C27H34FN3O5S/c1-18(2)29-27(33)30(5)16-25-19(3)15-31(20(4)17-32)37(34,35)26-12-11-22(14-24(26)36-25)10-9-21-7-6-8-23(28)13-21/h6-8,11-14,18-20,25,32H,15-17H2,1-5H3,(H,29,33)/t19-,20-,25-/m1/s1. The van der Waals surface area contributed by atoms with Gasteiger partial charge in [0.1, 0.15) is 22.6 Å². The van der Waals surface area contributed by atoms with Crippen molar-refractivity contribution in [3.8, 4) is 17.6 Å². The Morgan fingerprint density at radius 2 is 1.89 bits per heavy atom. The van der Waals surface area contributed by atoms with Crippen LogP contribution < -0.4 is 10.1 Å². The highest BCUT2D eigenvalue weighted by Gasteiger charge is 2.38. The van der Waals surface area contributed by atoms with Gasteiger partial charge in [0.2, 0.25) is 10.0 Å². The molecule has 0 radical (unpaired) electrons. The van der Waals surface area contributed by atoms with Crippen molar-refractivity contribution in [2.45, 2.75) is 50.8 Å². The number of hydrogen-bond acceptors (Lipinski definition) is 5. The van der Waals surface area contributed by atoms with Crippen LogP contribution in [0.1, 0.15) is 38.8 Å². The Morgan fingerprint density at radius 3 is 2.51 bits per heavy atom. The van der Waals surface area contributed by atoms with Crippen molar-refractivity contribution in [3.63, 3.8) is 0 Å². The third-order valence-corrected chi connectivity index (χ3v) is 8.08. The summed E-state index contributed by atoms with van der Waals surface area (Å²) in [5.74, 6) is 5.21. The van der Waals surface area contributed by atoms with Crippen molar-refractivity contribution in [3.05, 3.63) is 59.4 Å². The minimum atomic E-state index is -4.00. The van der Waals surface area contributed by atoms with E-state index in [9.17, 15) is 22.7 Å². The maximum atomic E-state index is 13.6. The Balaban J connectivity index is 2.03. The maximum absolute atomic E-state index is 13.6. The zero-order chi connectivity index (χ0) is 27.3. The number of halogens is 1. The van der Waals surface area contributed by atoms with Crippen LogP contribution in [0.5, 0.6) is 5.75 Å². The molecule has 200 valence electrons. The number of aliphatic hydroxyl groups excluding tert-OH is 1. The lowest BCUT2D eigenvalue weighted by Gasteiger charge is -2.37. The van der Waals surface area contributed by atoms with Crippen LogP contribution in [0.4, 0.5) is 9.18 Å². The van der Waals surface area contributed by atoms with Crippen LogP contribution in [0.25, 0.3) is 0 Å². The molecule has 2 aromatic rings. The summed E-state index contributed by atoms with van der Waals surface area (Å²) < 4.78 is 48.2. The monoisotopic (exact) mass is 531 g/mol. The van der Waals surface area contributed by atoms with Gasteiger partial charge in [-0.1, -0.05) is 24.8 Å². The van der Waals surface area contributed by atoms with E-state index in [-0.39, 0.29) is 48.3 Å². The van der Waals surface area contributed by atoms with Crippen molar-refractivity contribution >= 4 is 16.1 Å². The van der Waals surface area contributed by atoms with Gasteiger partial charge in [0, 0.05) is 42.7 Å². The molecule has 0 spiro atoms. The number of fused-ring (bicyclic) bond motifs is 1. The highest BCUT2D eigenvalue weighted by molar-refractivity contribution is 7.89. The highest BCUT2D eigenvalue weighted by atomic mass is 32.2. The second kappa shape index (κ2) is 11.9. The van der Waals surface area contributed by atoms with E-state index >= 15 is 0 Å². The van der Waals surface area contributed by atoms with Crippen LogP contribution in [-0.4, -0.2) is 73.7 Å². The lowest BCUT2D eigenvalue weighted by Crippen LogP contribution is -2.51. The molecule has 0 saturated carbocycles. The molecule has 1 aliphatic heterocycles. The lowest BCUT2D eigenvalue weighted by atomic mass is 10.0. The molecule has 37 heavy (non-hydrogen) atoms. The van der Waals surface area contributed by atoms with Crippen LogP contribution >= 0.6 is 0 Å². The van der Waals surface area contributed by atoms with E-state index in [1.54, 1.807) is 38.2 Å². The van der Waals surface area contributed by atoms with Gasteiger partial charge in [-0.05, 0) is 57.2 Å². The molecule has 0 fully saturated rings. The van der Waals surface area contributed by atoms with E-state index in [0.717, 1.165) is 0 Å². The number of sulfonamides is 1. The Bertz CT molecular complexity index is 1290. The molecule has 1 aliphatic rings. The summed E-state index contributed by atoms with van der Waals surface area (Å²) in [7, 11) is -2.35. The first kappa shape index (κ1) is 28.4. The molecule has 10 heteroatoms. The van der Waals surface area contributed by atoms with Crippen molar-refractivity contribution in [2.75, 3.05) is 26.7 Å². The number of aliphatic hydroxyl groups is 1. The molecule has 8 nitrogen and oxygen atoms in total. The van der Waals surface area contributed by atoms with Crippen molar-refractivity contribution in [1.29, 1.82) is 0 Å². The molecule has 3 atom stereocenters. The Kier molecular flexibility index (Phi) is 9.18. The Labute approximate surface area is 218 Å². The van der Waals surface area contributed by atoms with Gasteiger partial charge >= 0.3 is 6.03 Å². The van der Waals surface area contributed by atoms with Gasteiger partial charge in [-0.2, -0.15) is 4.31 Å². The van der Waals surface area contributed by atoms with Gasteiger partial charge in [0.15, 0.2) is 0 Å². The largest absolute Gasteiger partial charge is 0.487 e. The summed E-state index contributed by atoms with van der Waals surface area (Å²) in [5.41, 5.74) is 0.963.